The number of nitrogens with zero attached hydrogens (tertiary/aromatic N) is 1. The second-order valence-electron chi connectivity index (χ2n) is 16.2. The molecule has 2 aliphatic rings. The molecule has 0 aliphatic heterocycles. The van der Waals surface area contributed by atoms with Crippen LogP contribution in [0.3, 0.4) is 0 Å². The molecule has 8 aromatic carbocycles. The average Bonchev–Trinajstić information content (AvgIpc) is 3.75. The highest BCUT2D eigenvalue weighted by Gasteiger charge is 2.43. The van der Waals surface area contributed by atoms with Gasteiger partial charge in [-0.25, -0.2) is 0 Å². The van der Waals surface area contributed by atoms with Crippen LogP contribution in [0.2, 0.25) is 0 Å². The van der Waals surface area contributed by atoms with Crippen LogP contribution in [0.5, 0.6) is 0 Å². The van der Waals surface area contributed by atoms with E-state index in [0.717, 1.165) is 39.0 Å². The number of hydrogen-bond acceptors (Lipinski definition) is 2. The lowest BCUT2D eigenvalue weighted by molar-refractivity contribution is 0.657. The summed E-state index contributed by atoms with van der Waals surface area (Å²) in [6.07, 6.45) is 0. The second-order valence-corrected chi connectivity index (χ2v) is 16.2. The highest BCUT2D eigenvalue weighted by molar-refractivity contribution is 6.11. The van der Waals surface area contributed by atoms with Crippen molar-refractivity contribution in [2.45, 2.75) is 45.4 Å². The van der Waals surface area contributed by atoms with E-state index in [-0.39, 0.29) is 10.8 Å². The Bertz CT molecular complexity index is 3010. The van der Waals surface area contributed by atoms with Crippen molar-refractivity contribution in [2.24, 2.45) is 0 Å². The van der Waals surface area contributed by atoms with E-state index in [0.29, 0.717) is 0 Å². The van der Waals surface area contributed by atoms with Gasteiger partial charge in [-0.2, -0.15) is 0 Å². The maximum absolute atomic E-state index is 6.59. The predicted molar refractivity (Wildman–Crippen MR) is 223 cm³/mol. The Morgan fingerprint density at radius 3 is 1.75 bits per heavy atom. The number of benzene rings is 8. The molecule has 11 rings (SSSR count). The second kappa shape index (κ2) is 10.5. The van der Waals surface area contributed by atoms with Crippen LogP contribution in [-0.2, 0) is 10.8 Å². The Morgan fingerprint density at radius 2 is 1.04 bits per heavy atom. The summed E-state index contributed by atoms with van der Waals surface area (Å²) in [5.41, 5.74) is 17.2. The summed E-state index contributed by atoms with van der Waals surface area (Å²) in [7, 11) is 0. The van der Waals surface area contributed by atoms with Gasteiger partial charge in [0.15, 0.2) is 5.58 Å². The third kappa shape index (κ3) is 4.09. The van der Waals surface area contributed by atoms with Crippen molar-refractivity contribution in [1.29, 1.82) is 0 Å². The normalized spacial score (nSPS) is 14.8. The molecular formula is C51H39NO. The van der Waals surface area contributed by atoms with Gasteiger partial charge in [-0.3, -0.25) is 0 Å². The number of anilines is 3. The molecule has 0 spiro atoms. The largest absolute Gasteiger partial charge is 0.454 e. The van der Waals surface area contributed by atoms with Crippen molar-refractivity contribution >= 4 is 60.5 Å². The molecule has 2 aliphatic carbocycles. The molecule has 0 bridgehead atoms. The molecule has 0 atom stereocenters. The first-order valence-electron chi connectivity index (χ1n) is 18.8. The van der Waals surface area contributed by atoms with Crippen LogP contribution in [0.4, 0.5) is 17.1 Å². The SMILES string of the molecule is Cc1ccc(N(c2ccc3c4c(ccc3c2)-c2cc3c(cc2C4(C)C)-c2ccc4ccccc4c2C3(C)C)c2cccc3c2oc2ccccc23)cc1. The van der Waals surface area contributed by atoms with Crippen molar-refractivity contribution in [3.8, 4) is 22.3 Å². The number of hydrogen-bond donors (Lipinski definition) is 0. The number of rotatable bonds is 3. The zero-order chi connectivity index (χ0) is 35.8. The lowest BCUT2D eigenvalue weighted by Crippen LogP contribution is -2.17. The Morgan fingerprint density at radius 1 is 0.453 bits per heavy atom. The number of fused-ring (bicyclic) bond motifs is 13. The fraction of sp³-hybridized carbons (Fsp3) is 0.137. The minimum absolute atomic E-state index is 0.0959. The minimum atomic E-state index is -0.166. The van der Waals surface area contributed by atoms with Crippen molar-refractivity contribution in [3.05, 3.63) is 173 Å². The lowest BCUT2D eigenvalue weighted by Gasteiger charge is -2.27. The van der Waals surface area contributed by atoms with Gasteiger partial charge in [-0.05, 0) is 122 Å². The molecule has 2 nitrogen and oxygen atoms in total. The number of furan rings is 1. The van der Waals surface area contributed by atoms with Gasteiger partial charge in [0.1, 0.15) is 5.58 Å². The topological polar surface area (TPSA) is 16.4 Å². The summed E-state index contributed by atoms with van der Waals surface area (Å²) in [5, 5.41) is 7.48. The van der Waals surface area contributed by atoms with E-state index in [9.17, 15) is 0 Å². The monoisotopic (exact) mass is 681 g/mol. The van der Waals surface area contributed by atoms with E-state index in [4.69, 9.17) is 4.42 Å². The van der Waals surface area contributed by atoms with Crippen LogP contribution in [-0.4, -0.2) is 0 Å². The summed E-state index contributed by atoms with van der Waals surface area (Å²) in [6.45, 7) is 11.8. The zero-order valence-electron chi connectivity index (χ0n) is 30.7. The fourth-order valence-corrected chi connectivity index (χ4v) is 9.90. The van der Waals surface area contributed by atoms with Gasteiger partial charge < -0.3 is 9.32 Å². The van der Waals surface area contributed by atoms with Gasteiger partial charge in [0.25, 0.3) is 0 Å². The molecule has 254 valence electrons. The molecule has 0 unspecified atom stereocenters. The minimum Gasteiger partial charge on any atom is -0.454 e. The summed E-state index contributed by atoms with van der Waals surface area (Å²) < 4.78 is 6.59. The molecule has 2 heteroatoms. The third-order valence-corrected chi connectivity index (χ3v) is 12.4. The van der Waals surface area contributed by atoms with Crippen molar-refractivity contribution < 1.29 is 4.42 Å². The lowest BCUT2D eigenvalue weighted by atomic mass is 9.78. The molecule has 0 N–H and O–H groups in total. The summed E-state index contributed by atoms with van der Waals surface area (Å²) in [5.74, 6) is 0. The fourth-order valence-electron chi connectivity index (χ4n) is 9.90. The quantitative estimate of drug-likeness (QED) is 0.185. The highest BCUT2D eigenvalue weighted by atomic mass is 16.3. The van der Waals surface area contributed by atoms with E-state index in [1.807, 2.05) is 6.07 Å². The first kappa shape index (κ1) is 30.5. The molecule has 1 aromatic heterocycles. The Balaban J connectivity index is 1.08. The van der Waals surface area contributed by atoms with Crippen LogP contribution in [0.15, 0.2) is 150 Å². The van der Waals surface area contributed by atoms with Crippen molar-refractivity contribution in [2.75, 3.05) is 4.90 Å². The van der Waals surface area contributed by atoms with Gasteiger partial charge in [0.2, 0.25) is 0 Å². The summed E-state index contributed by atoms with van der Waals surface area (Å²) in [6, 6.07) is 53.9. The van der Waals surface area contributed by atoms with Gasteiger partial charge in [0.05, 0.1) is 5.69 Å². The molecular weight excluding hydrogens is 643 g/mol. The van der Waals surface area contributed by atoms with Crippen LogP contribution >= 0.6 is 0 Å². The van der Waals surface area contributed by atoms with Crippen LogP contribution in [0.25, 0.3) is 65.7 Å². The Kier molecular flexibility index (Phi) is 6.03. The van der Waals surface area contributed by atoms with Crippen LogP contribution in [0.1, 0.15) is 55.5 Å². The van der Waals surface area contributed by atoms with Gasteiger partial charge in [0, 0.05) is 33.0 Å². The Labute approximate surface area is 309 Å². The molecule has 0 saturated heterocycles. The van der Waals surface area contributed by atoms with E-state index in [1.165, 1.54) is 71.6 Å². The van der Waals surface area contributed by atoms with E-state index < -0.39 is 0 Å². The van der Waals surface area contributed by atoms with Crippen LogP contribution in [0, 0.1) is 6.92 Å². The van der Waals surface area contributed by atoms with E-state index in [1.54, 1.807) is 0 Å². The molecule has 53 heavy (non-hydrogen) atoms. The van der Waals surface area contributed by atoms with Gasteiger partial charge in [-0.1, -0.05) is 130 Å². The smallest absolute Gasteiger partial charge is 0.159 e. The predicted octanol–water partition coefficient (Wildman–Crippen LogP) is 14.3. The maximum Gasteiger partial charge on any atom is 0.159 e. The molecule has 0 radical (unpaired) electrons. The first-order valence-corrected chi connectivity index (χ1v) is 18.8. The number of aryl methyl sites for hydroxylation is 1. The van der Waals surface area contributed by atoms with Crippen LogP contribution < -0.4 is 4.90 Å². The van der Waals surface area contributed by atoms with Gasteiger partial charge >= 0.3 is 0 Å². The number of para-hydroxylation sites is 2. The highest BCUT2D eigenvalue weighted by Crippen LogP contribution is 2.58. The molecule has 1 heterocycles. The Hall–Kier alpha value is -6.12. The molecule has 0 fully saturated rings. The maximum atomic E-state index is 6.59. The zero-order valence-corrected chi connectivity index (χ0v) is 30.7. The molecule has 0 amide bonds. The molecule has 9 aromatic rings. The van der Waals surface area contributed by atoms with Crippen molar-refractivity contribution in [3.63, 3.8) is 0 Å². The standard InChI is InChI=1S/C51H39NO/c1-30-17-21-33(22-18-30)52(45-15-10-14-40-37-13-8-9-16-46(37)53-49(40)45)34-23-26-36-32(27-34)20-25-39-42-29-43-41(28-44(42)51(4,5)48(36)39)38-24-19-31-11-6-7-12-35(31)47(38)50(43,2)3/h6-29H,1-5H3. The van der Waals surface area contributed by atoms with E-state index >= 15 is 0 Å². The van der Waals surface area contributed by atoms with Crippen molar-refractivity contribution in [1.82, 2.24) is 0 Å². The van der Waals surface area contributed by atoms with E-state index in [2.05, 4.69) is 179 Å². The molecule has 0 saturated carbocycles. The summed E-state index contributed by atoms with van der Waals surface area (Å²) >= 11 is 0. The average molecular weight is 682 g/mol. The summed E-state index contributed by atoms with van der Waals surface area (Å²) in [4.78, 5) is 2.35. The first-order chi connectivity index (χ1) is 25.7. The van der Waals surface area contributed by atoms with Gasteiger partial charge in [-0.15, -0.1) is 0 Å². The third-order valence-electron chi connectivity index (χ3n) is 12.4.